The lowest BCUT2D eigenvalue weighted by atomic mass is 9.70. The van der Waals surface area contributed by atoms with E-state index in [1.807, 2.05) is 11.8 Å². The molecule has 0 aromatic rings. The first kappa shape index (κ1) is 9.38. The van der Waals surface area contributed by atoms with Crippen LogP contribution in [0.1, 0.15) is 33.1 Å². The van der Waals surface area contributed by atoms with Crippen LogP contribution >= 0.6 is 11.8 Å². The van der Waals surface area contributed by atoms with E-state index in [1.165, 1.54) is 24.4 Å². The van der Waals surface area contributed by atoms with Crippen molar-refractivity contribution in [3.63, 3.8) is 0 Å². The second-order valence-electron chi connectivity index (χ2n) is 4.59. The molecule has 74 valence electrons. The Hall–Kier alpha value is -0.180. The first-order valence-electron chi connectivity index (χ1n) is 5.13. The van der Waals surface area contributed by atoms with E-state index in [0.29, 0.717) is 10.7 Å². The van der Waals surface area contributed by atoms with Gasteiger partial charge in [0, 0.05) is 11.8 Å². The number of nitrogens with zero attached hydrogens (tertiary/aromatic N) is 1. The molecule has 13 heavy (non-hydrogen) atoms. The van der Waals surface area contributed by atoms with Crippen molar-refractivity contribution in [2.75, 3.05) is 13.1 Å². The van der Waals surface area contributed by atoms with E-state index in [9.17, 15) is 0 Å². The zero-order valence-electron chi connectivity index (χ0n) is 8.47. The molecule has 3 heteroatoms. The second-order valence-corrected chi connectivity index (χ2v) is 6.02. The number of amidine groups is 1. The molecule has 0 spiro atoms. The predicted molar refractivity (Wildman–Crippen MR) is 59.3 cm³/mol. The van der Waals surface area contributed by atoms with Crippen LogP contribution in [0.15, 0.2) is 4.99 Å². The molecule has 1 atom stereocenters. The molecule has 0 aromatic heterocycles. The van der Waals surface area contributed by atoms with Gasteiger partial charge in [-0.05, 0) is 18.3 Å². The third-order valence-corrected chi connectivity index (χ3v) is 4.08. The minimum atomic E-state index is 0.564. The molecule has 1 N–H and O–H groups in total. The largest absolute Gasteiger partial charge is 0.364 e. The molecule has 1 aliphatic heterocycles. The zero-order valence-corrected chi connectivity index (χ0v) is 9.28. The number of nitrogens with one attached hydrogen (secondary N) is 1. The van der Waals surface area contributed by atoms with Crippen molar-refractivity contribution < 1.29 is 0 Å². The molecule has 0 amide bonds. The first-order valence-corrected chi connectivity index (χ1v) is 6.01. The van der Waals surface area contributed by atoms with Gasteiger partial charge in [0.05, 0.1) is 6.54 Å². The normalized spacial score (nSPS) is 30.9. The van der Waals surface area contributed by atoms with Gasteiger partial charge >= 0.3 is 0 Å². The maximum Gasteiger partial charge on any atom is 0.156 e. The molecule has 1 saturated carbocycles. The summed E-state index contributed by atoms with van der Waals surface area (Å²) < 4.78 is 0. The molecule has 0 radical (unpaired) electrons. The molecule has 0 saturated heterocycles. The van der Waals surface area contributed by atoms with Gasteiger partial charge in [0.25, 0.3) is 0 Å². The molecule has 1 aliphatic carbocycles. The SMILES string of the molecule is CC1CN=C(NCC2(C)CCC2)S1. The van der Waals surface area contributed by atoms with Crippen LogP contribution in [0.4, 0.5) is 0 Å². The number of hydrogen-bond acceptors (Lipinski definition) is 3. The van der Waals surface area contributed by atoms with E-state index in [0.717, 1.165) is 13.1 Å². The van der Waals surface area contributed by atoms with Crippen LogP contribution in [0.2, 0.25) is 0 Å². The smallest absolute Gasteiger partial charge is 0.156 e. The summed E-state index contributed by atoms with van der Waals surface area (Å²) in [5, 5.41) is 5.31. The van der Waals surface area contributed by atoms with Crippen LogP contribution in [-0.4, -0.2) is 23.5 Å². The molecule has 1 unspecified atom stereocenters. The van der Waals surface area contributed by atoms with E-state index < -0.39 is 0 Å². The Labute approximate surface area is 84.6 Å². The lowest BCUT2D eigenvalue weighted by molar-refractivity contribution is 0.166. The Morgan fingerprint density at radius 3 is 2.85 bits per heavy atom. The van der Waals surface area contributed by atoms with E-state index in [4.69, 9.17) is 0 Å². The van der Waals surface area contributed by atoms with E-state index in [2.05, 4.69) is 24.2 Å². The fraction of sp³-hybridized carbons (Fsp3) is 0.900. The minimum absolute atomic E-state index is 0.564. The maximum absolute atomic E-state index is 4.45. The Bertz CT molecular complexity index is 221. The van der Waals surface area contributed by atoms with Gasteiger partial charge in [-0.25, -0.2) is 0 Å². The van der Waals surface area contributed by atoms with E-state index in [-0.39, 0.29) is 0 Å². The summed E-state index contributed by atoms with van der Waals surface area (Å²) in [6.07, 6.45) is 4.18. The van der Waals surface area contributed by atoms with Crippen LogP contribution in [0.5, 0.6) is 0 Å². The fourth-order valence-electron chi connectivity index (χ4n) is 1.82. The van der Waals surface area contributed by atoms with Crippen LogP contribution in [0.3, 0.4) is 0 Å². The molecule has 1 heterocycles. The molecule has 1 fully saturated rings. The van der Waals surface area contributed by atoms with Gasteiger partial charge in [0.15, 0.2) is 5.17 Å². The summed E-state index contributed by atoms with van der Waals surface area (Å²) in [6, 6.07) is 0. The Morgan fingerprint density at radius 1 is 1.62 bits per heavy atom. The average Bonchev–Trinajstić information content (AvgIpc) is 2.44. The van der Waals surface area contributed by atoms with Crippen molar-refractivity contribution in [2.45, 2.75) is 38.4 Å². The molecular formula is C10H18N2S. The number of hydrogen-bond donors (Lipinski definition) is 1. The summed E-state index contributed by atoms with van der Waals surface area (Å²) >= 11 is 1.88. The van der Waals surface area contributed by atoms with Crippen LogP contribution in [0, 0.1) is 5.41 Å². The highest BCUT2D eigenvalue weighted by atomic mass is 32.2. The molecule has 2 nitrogen and oxygen atoms in total. The number of aliphatic imine (C=N–C) groups is 1. The Morgan fingerprint density at radius 2 is 2.38 bits per heavy atom. The molecule has 2 rings (SSSR count). The number of rotatable bonds is 2. The third kappa shape index (κ3) is 2.19. The third-order valence-electron chi connectivity index (χ3n) is 3.03. The van der Waals surface area contributed by atoms with Gasteiger partial charge in [-0.2, -0.15) is 0 Å². The Balaban J connectivity index is 1.73. The van der Waals surface area contributed by atoms with Crippen molar-refractivity contribution in [3.05, 3.63) is 0 Å². The van der Waals surface area contributed by atoms with Crippen molar-refractivity contribution >= 4 is 16.9 Å². The lowest BCUT2D eigenvalue weighted by Crippen LogP contribution is -2.38. The van der Waals surface area contributed by atoms with Gasteiger partial charge in [-0.1, -0.05) is 32.0 Å². The van der Waals surface area contributed by atoms with Crippen molar-refractivity contribution in [2.24, 2.45) is 10.4 Å². The van der Waals surface area contributed by atoms with Crippen molar-refractivity contribution in [1.29, 1.82) is 0 Å². The van der Waals surface area contributed by atoms with Crippen LogP contribution < -0.4 is 5.32 Å². The summed E-state index contributed by atoms with van der Waals surface area (Å²) in [6.45, 7) is 6.70. The zero-order chi connectivity index (χ0) is 9.31. The number of thioether (sulfide) groups is 1. The van der Waals surface area contributed by atoms with Gasteiger partial charge < -0.3 is 5.32 Å². The standard InChI is InChI=1S/C10H18N2S/c1-8-6-11-9(13-8)12-7-10(2)4-3-5-10/h8H,3-7H2,1-2H3,(H,11,12). The summed E-state index contributed by atoms with van der Waals surface area (Å²) in [5.41, 5.74) is 0.564. The fourth-order valence-corrected chi connectivity index (χ4v) is 2.66. The van der Waals surface area contributed by atoms with Crippen molar-refractivity contribution in [3.8, 4) is 0 Å². The molecular weight excluding hydrogens is 180 g/mol. The second kappa shape index (κ2) is 3.52. The quantitative estimate of drug-likeness (QED) is 0.736. The molecule has 0 aromatic carbocycles. The highest BCUT2D eigenvalue weighted by molar-refractivity contribution is 8.14. The average molecular weight is 198 g/mol. The predicted octanol–water partition coefficient (Wildman–Crippen LogP) is 2.26. The van der Waals surface area contributed by atoms with E-state index >= 15 is 0 Å². The van der Waals surface area contributed by atoms with E-state index in [1.54, 1.807) is 0 Å². The Kier molecular flexibility index (Phi) is 2.54. The van der Waals surface area contributed by atoms with Crippen LogP contribution in [-0.2, 0) is 0 Å². The lowest BCUT2D eigenvalue weighted by Gasteiger charge is -2.38. The minimum Gasteiger partial charge on any atom is -0.364 e. The van der Waals surface area contributed by atoms with Gasteiger partial charge in [0.2, 0.25) is 0 Å². The van der Waals surface area contributed by atoms with Crippen molar-refractivity contribution in [1.82, 2.24) is 5.32 Å². The highest BCUT2D eigenvalue weighted by Gasteiger charge is 2.32. The monoisotopic (exact) mass is 198 g/mol. The van der Waals surface area contributed by atoms with Crippen LogP contribution in [0.25, 0.3) is 0 Å². The molecule has 2 aliphatic rings. The first-order chi connectivity index (χ1) is 6.18. The highest BCUT2D eigenvalue weighted by Crippen LogP contribution is 2.39. The summed E-state index contributed by atoms with van der Waals surface area (Å²) in [4.78, 5) is 4.45. The van der Waals surface area contributed by atoms with Gasteiger partial charge in [-0.3, -0.25) is 4.99 Å². The molecule has 0 bridgehead atoms. The van der Waals surface area contributed by atoms with Gasteiger partial charge in [-0.15, -0.1) is 0 Å². The summed E-state index contributed by atoms with van der Waals surface area (Å²) in [5.74, 6) is 0. The summed E-state index contributed by atoms with van der Waals surface area (Å²) in [7, 11) is 0. The maximum atomic E-state index is 4.45. The topological polar surface area (TPSA) is 24.4 Å². The van der Waals surface area contributed by atoms with Gasteiger partial charge in [0.1, 0.15) is 0 Å².